The number of amides is 1. The van der Waals surface area contributed by atoms with E-state index < -0.39 is 16.1 Å². The number of hydrogen-bond acceptors (Lipinski definition) is 6. The van der Waals surface area contributed by atoms with E-state index in [9.17, 15) is 13.2 Å². The Bertz CT molecular complexity index is 1020. The summed E-state index contributed by atoms with van der Waals surface area (Å²) in [6.45, 7) is 2.80. The first-order chi connectivity index (χ1) is 14.4. The van der Waals surface area contributed by atoms with Gasteiger partial charge in [-0.2, -0.15) is 9.40 Å². The molecule has 1 atom stereocenters. The second kappa shape index (κ2) is 8.54. The Morgan fingerprint density at radius 2 is 1.90 bits per heavy atom. The molecule has 4 rings (SSSR count). The number of sulfonamides is 1. The lowest BCUT2D eigenvalue weighted by Crippen LogP contribution is -2.56. The van der Waals surface area contributed by atoms with Crippen LogP contribution in [0.4, 0.5) is 5.69 Å². The molecule has 0 N–H and O–H groups in total. The summed E-state index contributed by atoms with van der Waals surface area (Å²) in [5, 5.41) is 4.35. The van der Waals surface area contributed by atoms with Crippen molar-refractivity contribution in [2.45, 2.75) is 11.0 Å². The van der Waals surface area contributed by atoms with Crippen LogP contribution >= 0.6 is 11.6 Å². The third-order valence-corrected chi connectivity index (χ3v) is 7.77. The van der Waals surface area contributed by atoms with E-state index in [1.807, 2.05) is 13.2 Å². The number of carbonyl (C=O) groups is 1. The summed E-state index contributed by atoms with van der Waals surface area (Å²) < 4.78 is 34.7. The van der Waals surface area contributed by atoms with Gasteiger partial charge in [-0.3, -0.25) is 9.48 Å². The van der Waals surface area contributed by atoms with Gasteiger partial charge in [-0.15, -0.1) is 0 Å². The molecule has 0 saturated carbocycles. The van der Waals surface area contributed by atoms with E-state index in [-0.39, 0.29) is 35.5 Å². The SMILES string of the molecule is Cn1cc(N2CCN(C(=O)[C@@H]3CN(S(=O)(=O)c4ccccc4Cl)CCO3)CC2)cn1. The van der Waals surface area contributed by atoms with Gasteiger partial charge in [0.05, 0.1) is 23.5 Å². The van der Waals surface area contributed by atoms with Crippen LogP contribution in [0.3, 0.4) is 0 Å². The van der Waals surface area contributed by atoms with Crippen LogP contribution in [-0.2, 0) is 26.6 Å². The lowest BCUT2D eigenvalue weighted by molar-refractivity contribution is -0.147. The van der Waals surface area contributed by atoms with Crippen LogP contribution in [-0.4, -0.2) is 85.3 Å². The number of carbonyl (C=O) groups excluding carboxylic acids is 1. The molecule has 0 bridgehead atoms. The topological polar surface area (TPSA) is 88.0 Å². The number of rotatable bonds is 4. The maximum Gasteiger partial charge on any atom is 0.253 e. The second-order valence-electron chi connectivity index (χ2n) is 7.34. The van der Waals surface area contributed by atoms with E-state index >= 15 is 0 Å². The van der Waals surface area contributed by atoms with Gasteiger partial charge in [0.2, 0.25) is 10.0 Å². The van der Waals surface area contributed by atoms with E-state index in [4.69, 9.17) is 16.3 Å². The molecule has 11 heteroatoms. The third kappa shape index (κ3) is 4.18. The van der Waals surface area contributed by atoms with Crippen LogP contribution in [0.15, 0.2) is 41.6 Å². The quantitative estimate of drug-likeness (QED) is 0.680. The number of hydrogen-bond donors (Lipinski definition) is 0. The predicted octanol–water partition coefficient (Wildman–Crippen LogP) is 0.812. The number of ether oxygens (including phenoxy) is 1. The average molecular weight is 454 g/mol. The van der Waals surface area contributed by atoms with Gasteiger partial charge in [-0.1, -0.05) is 23.7 Å². The minimum Gasteiger partial charge on any atom is -0.366 e. The normalized spacial score (nSPS) is 21.1. The molecular weight excluding hydrogens is 430 g/mol. The van der Waals surface area contributed by atoms with Crippen molar-refractivity contribution in [3.63, 3.8) is 0 Å². The highest BCUT2D eigenvalue weighted by Crippen LogP contribution is 2.26. The molecule has 9 nitrogen and oxygen atoms in total. The first kappa shape index (κ1) is 21.1. The number of halogens is 1. The number of morpholine rings is 1. The number of piperazine rings is 1. The molecule has 2 aromatic rings. The van der Waals surface area contributed by atoms with Crippen molar-refractivity contribution >= 4 is 33.2 Å². The van der Waals surface area contributed by atoms with Crippen LogP contribution in [0, 0.1) is 0 Å². The number of nitrogens with zero attached hydrogens (tertiary/aromatic N) is 5. The van der Waals surface area contributed by atoms with Gasteiger partial charge in [0, 0.05) is 52.5 Å². The fourth-order valence-electron chi connectivity index (χ4n) is 3.75. The molecule has 1 aromatic carbocycles. The first-order valence-electron chi connectivity index (χ1n) is 9.75. The zero-order chi connectivity index (χ0) is 21.3. The van der Waals surface area contributed by atoms with Gasteiger partial charge >= 0.3 is 0 Å². The summed E-state index contributed by atoms with van der Waals surface area (Å²) in [7, 11) is -1.93. The molecule has 1 aromatic heterocycles. The number of aromatic nitrogens is 2. The van der Waals surface area contributed by atoms with Crippen molar-refractivity contribution < 1.29 is 17.9 Å². The van der Waals surface area contributed by atoms with Gasteiger partial charge < -0.3 is 14.5 Å². The Morgan fingerprint density at radius 3 is 2.57 bits per heavy atom. The standard InChI is InChI=1S/C19H24ClN5O4S/c1-22-13-15(12-21-22)23-6-8-24(9-7-23)19(26)17-14-25(10-11-29-17)30(27,28)18-5-3-2-4-16(18)20/h2-5,12-13,17H,6-11,14H2,1H3/t17-/m0/s1. The minimum atomic E-state index is -3.80. The highest BCUT2D eigenvalue weighted by Gasteiger charge is 2.37. The molecule has 162 valence electrons. The van der Waals surface area contributed by atoms with E-state index in [0.717, 1.165) is 5.69 Å². The highest BCUT2D eigenvalue weighted by molar-refractivity contribution is 7.89. The molecule has 0 unspecified atom stereocenters. The Morgan fingerprint density at radius 1 is 1.17 bits per heavy atom. The summed E-state index contributed by atoms with van der Waals surface area (Å²) in [5.74, 6) is -0.181. The van der Waals surface area contributed by atoms with Crippen LogP contribution in [0.5, 0.6) is 0 Å². The second-order valence-corrected chi connectivity index (χ2v) is 9.65. The molecule has 0 aliphatic carbocycles. The number of benzene rings is 1. The van der Waals surface area contributed by atoms with Crippen molar-refractivity contribution in [3.8, 4) is 0 Å². The summed E-state index contributed by atoms with van der Waals surface area (Å²) in [4.78, 5) is 17.0. The first-order valence-corrected chi connectivity index (χ1v) is 11.6. The van der Waals surface area contributed by atoms with Gasteiger partial charge in [0.25, 0.3) is 5.91 Å². The molecule has 2 aliphatic rings. The zero-order valence-electron chi connectivity index (χ0n) is 16.6. The van der Waals surface area contributed by atoms with E-state index in [1.165, 1.54) is 10.4 Å². The molecule has 2 saturated heterocycles. The fourth-order valence-corrected chi connectivity index (χ4v) is 5.66. The largest absolute Gasteiger partial charge is 0.366 e. The molecule has 1 amide bonds. The minimum absolute atomic E-state index is 0.0186. The van der Waals surface area contributed by atoms with E-state index in [1.54, 1.807) is 34.0 Å². The molecular formula is C19H24ClN5O4S. The van der Waals surface area contributed by atoms with Gasteiger partial charge in [0.15, 0.2) is 0 Å². The van der Waals surface area contributed by atoms with Crippen LogP contribution < -0.4 is 4.90 Å². The summed E-state index contributed by atoms with van der Waals surface area (Å²) in [6.07, 6.45) is 2.93. The average Bonchev–Trinajstić information content (AvgIpc) is 3.20. The molecule has 2 fully saturated rings. The van der Waals surface area contributed by atoms with Crippen LogP contribution in [0.1, 0.15) is 0 Å². The van der Waals surface area contributed by atoms with Crippen molar-refractivity contribution in [1.82, 2.24) is 19.0 Å². The number of anilines is 1. The monoisotopic (exact) mass is 453 g/mol. The molecule has 0 radical (unpaired) electrons. The maximum absolute atomic E-state index is 13.0. The third-order valence-electron chi connectivity index (χ3n) is 5.41. The van der Waals surface area contributed by atoms with Crippen LogP contribution in [0.2, 0.25) is 5.02 Å². The fraction of sp³-hybridized carbons (Fsp3) is 0.474. The van der Waals surface area contributed by atoms with Gasteiger partial charge in [-0.05, 0) is 12.1 Å². The van der Waals surface area contributed by atoms with Crippen molar-refractivity contribution in [3.05, 3.63) is 41.7 Å². The smallest absolute Gasteiger partial charge is 0.253 e. The highest BCUT2D eigenvalue weighted by atomic mass is 35.5. The van der Waals surface area contributed by atoms with E-state index in [2.05, 4.69) is 10.00 Å². The number of aryl methyl sites for hydroxylation is 1. The van der Waals surface area contributed by atoms with Gasteiger partial charge in [0.1, 0.15) is 11.0 Å². The summed E-state index contributed by atoms with van der Waals surface area (Å²) >= 11 is 6.09. The lowest BCUT2D eigenvalue weighted by Gasteiger charge is -2.39. The van der Waals surface area contributed by atoms with Crippen molar-refractivity contribution in [1.29, 1.82) is 0 Å². The van der Waals surface area contributed by atoms with Crippen molar-refractivity contribution in [2.24, 2.45) is 7.05 Å². The van der Waals surface area contributed by atoms with E-state index in [0.29, 0.717) is 26.2 Å². The predicted molar refractivity (Wildman–Crippen MR) is 112 cm³/mol. The molecule has 3 heterocycles. The summed E-state index contributed by atoms with van der Waals surface area (Å²) in [5.41, 5.74) is 1.02. The lowest BCUT2D eigenvalue weighted by atomic mass is 10.2. The van der Waals surface area contributed by atoms with Crippen LogP contribution in [0.25, 0.3) is 0 Å². The molecule has 0 spiro atoms. The maximum atomic E-state index is 13.0. The summed E-state index contributed by atoms with van der Waals surface area (Å²) in [6, 6.07) is 6.32. The Balaban J connectivity index is 1.40. The van der Waals surface area contributed by atoms with Gasteiger partial charge in [-0.25, -0.2) is 8.42 Å². The molecule has 30 heavy (non-hydrogen) atoms. The molecule has 2 aliphatic heterocycles. The Kier molecular flexibility index (Phi) is 6.01. The Labute approximate surface area is 180 Å². The Hall–Kier alpha value is -2.14. The van der Waals surface area contributed by atoms with Crippen molar-refractivity contribution in [2.75, 3.05) is 50.8 Å². The zero-order valence-corrected chi connectivity index (χ0v) is 18.2.